The van der Waals surface area contributed by atoms with Crippen LogP contribution in [0.4, 0.5) is 0 Å². The Labute approximate surface area is 164 Å². The molecule has 0 radical (unpaired) electrons. The van der Waals surface area contributed by atoms with Gasteiger partial charge in [-0.3, -0.25) is 9.59 Å². The number of benzene rings is 1. The third kappa shape index (κ3) is 5.74. The van der Waals surface area contributed by atoms with Gasteiger partial charge in [0.05, 0.1) is 6.54 Å². The van der Waals surface area contributed by atoms with Gasteiger partial charge in [0.15, 0.2) is 0 Å². The topological polar surface area (TPSA) is 52.7 Å². The van der Waals surface area contributed by atoms with Crippen LogP contribution >= 0.6 is 35.6 Å². The Morgan fingerprint density at radius 3 is 2.12 bits per heavy atom. The van der Waals surface area contributed by atoms with E-state index >= 15 is 0 Å². The van der Waals surface area contributed by atoms with Crippen molar-refractivity contribution >= 4 is 47.4 Å². The van der Waals surface area contributed by atoms with Crippen molar-refractivity contribution < 1.29 is 9.59 Å². The highest BCUT2D eigenvalue weighted by molar-refractivity contribution is 6.35. The minimum absolute atomic E-state index is 0. The molecule has 1 saturated carbocycles. The van der Waals surface area contributed by atoms with Crippen LogP contribution in [0.2, 0.25) is 10.0 Å². The summed E-state index contributed by atoms with van der Waals surface area (Å²) in [4.78, 5) is 28.2. The number of nitrogens with one attached hydrogen (secondary N) is 1. The molecule has 0 bridgehead atoms. The molecule has 0 unspecified atom stereocenters. The van der Waals surface area contributed by atoms with Crippen molar-refractivity contribution in [2.24, 2.45) is 5.92 Å². The number of carbonyl (C=O) groups is 2. The van der Waals surface area contributed by atoms with E-state index in [1.54, 1.807) is 23.1 Å². The van der Waals surface area contributed by atoms with Crippen LogP contribution in [0.5, 0.6) is 0 Å². The Bertz CT molecular complexity index is 609. The molecule has 3 rings (SSSR count). The smallest absolute Gasteiger partial charge is 0.254 e. The van der Waals surface area contributed by atoms with Crippen LogP contribution in [0.25, 0.3) is 0 Å². The standard InChI is InChI=1S/C17H21Cl2N3O2.ClH/c18-14-7-13(8-15(19)9-14)17(24)22-5-3-21(4-6-22)16(23)11-20-10-12-1-2-12;/h7-9,12,20H,1-6,10-11H2;1H. The predicted octanol–water partition coefficient (Wildman–Crippen LogP) is 2.70. The molecule has 25 heavy (non-hydrogen) atoms. The zero-order chi connectivity index (χ0) is 17.1. The first-order valence-electron chi connectivity index (χ1n) is 8.27. The lowest BCUT2D eigenvalue weighted by molar-refractivity contribution is -0.131. The van der Waals surface area contributed by atoms with E-state index in [9.17, 15) is 9.59 Å². The fourth-order valence-corrected chi connectivity index (χ4v) is 3.36. The number of amides is 2. The van der Waals surface area contributed by atoms with Gasteiger partial charge in [0.25, 0.3) is 5.91 Å². The molecule has 2 aliphatic rings. The van der Waals surface area contributed by atoms with Crippen LogP contribution in [0, 0.1) is 5.92 Å². The molecule has 2 amide bonds. The average molecular weight is 407 g/mol. The van der Waals surface area contributed by atoms with Crippen LogP contribution in [0.1, 0.15) is 23.2 Å². The van der Waals surface area contributed by atoms with E-state index in [0.29, 0.717) is 48.3 Å². The van der Waals surface area contributed by atoms with Gasteiger partial charge in [0.2, 0.25) is 5.91 Å². The summed E-state index contributed by atoms with van der Waals surface area (Å²) in [5.74, 6) is 0.767. The fraction of sp³-hybridized carbons (Fsp3) is 0.529. The Morgan fingerprint density at radius 2 is 1.56 bits per heavy atom. The number of rotatable bonds is 5. The van der Waals surface area contributed by atoms with Gasteiger partial charge in [0, 0.05) is 41.8 Å². The van der Waals surface area contributed by atoms with E-state index in [1.165, 1.54) is 12.8 Å². The SMILES string of the molecule is Cl.O=C(CNCC1CC1)N1CCN(C(=O)c2cc(Cl)cc(Cl)c2)CC1. The lowest BCUT2D eigenvalue weighted by atomic mass is 10.2. The molecule has 1 N–H and O–H groups in total. The maximum Gasteiger partial charge on any atom is 0.254 e. The van der Waals surface area contributed by atoms with E-state index in [4.69, 9.17) is 23.2 Å². The molecule has 1 aromatic carbocycles. The van der Waals surface area contributed by atoms with E-state index in [2.05, 4.69) is 5.32 Å². The van der Waals surface area contributed by atoms with E-state index in [-0.39, 0.29) is 24.2 Å². The van der Waals surface area contributed by atoms with E-state index < -0.39 is 0 Å². The van der Waals surface area contributed by atoms with Gasteiger partial charge in [-0.1, -0.05) is 23.2 Å². The van der Waals surface area contributed by atoms with Crippen molar-refractivity contribution in [3.8, 4) is 0 Å². The highest BCUT2D eigenvalue weighted by Gasteiger charge is 2.26. The second kappa shape index (κ2) is 9.08. The van der Waals surface area contributed by atoms with Crippen molar-refractivity contribution in [1.29, 1.82) is 0 Å². The molecule has 1 saturated heterocycles. The highest BCUT2D eigenvalue weighted by atomic mass is 35.5. The molecule has 5 nitrogen and oxygen atoms in total. The Balaban J connectivity index is 0.00000225. The first-order chi connectivity index (χ1) is 11.5. The maximum absolute atomic E-state index is 12.5. The van der Waals surface area contributed by atoms with Crippen molar-refractivity contribution in [3.05, 3.63) is 33.8 Å². The molecule has 0 spiro atoms. The zero-order valence-electron chi connectivity index (χ0n) is 13.8. The predicted molar refractivity (Wildman–Crippen MR) is 102 cm³/mol. The summed E-state index contributed by atoms with van der Waals surface area (Å²) >= 11 is 11.9. The second-order valence-electron chi connectivity index (χ2n) is 6.41. The maximum atomic E-state index is 12.5. The normalized spacial score (nSPS) is 17.2. The number of hydrogen-bond donors (Lipinski definition) is 1. The summed E-state index contributed by atoms with van der Waals surface area (Å²) < 4.78 is 0. The minimum Gasteiger partial charge on any atom is -0.338 e. The van der Waals surface area contributed by atoms with Gasteiger partial charge in [-0.2, -0.15) is 0 Å². The van der Waals surface area contributed by atoms with E-state index in [1.807, 2.05) is 4.90 Å². The van der Waals surface area contributed by atoms with Gasteiger partial charge in [-0.25, -0.2) is 0 Å². The van der Waals surface area contributed by atoms with Crippen LogP contribution < -0.4 is 5.32 Å². The quantitative estimate of drug-likeness (QED) is 0.818. The molecular formula is C17H22Cl3N3O2. The Hall–Kier alpha value is -1.01. The minimum atomic E-state index is -0.0987. The number of hydrogen-bond acceptors (Lipinski definition) is 3. The molecule has 0 atom stereocenters. The molecule has 0 aromatic heterocycles. The third-order valence-electron chi connectivity index (χ3n) is 4.44. The number of piperazine rings is 1. The highest BCUT2D eigenvalue weighted by Crippen LogP contribution is 2.27. The molecule has 2 fully saturated rings. The van der Waals surface area contributed by atoms with Gasteiger partial charge in [-0.15, -0.1) is 12.4 Å². The lowest BCUT2D eigenvalue weighted by Gasteiger charge is -2.35. The number of halogens is 3. The second-order valence-corrected chi connectivity index (χ2v) is 7.28. The van der Waals surface area contributed by atoms with Crippen LogP contribution in [-0.4, -0.2) is 60.9 Å². The molecule has 8 heteroatoms. The van der Waals surface area contributed by atoms with Gasteiger partial charge < -0.3 is 15.1 Å². The molecule has 1 aliphatic carbocycles. The summed E-state index contributed by atoms with van der Waals surface area (Å²) in [5, 5.41) is 4.11. The summed E-state index contributed by atoms with van der Waals surface area (Å²) in [6, 6.07) is 4.84. The molecule has 138 valence electrons. The van der Waals surface area contributed by atoms with Crippen LogP contribution in [0.3, 0.4) is 0 Å². The zero-order valence-corrected chi connectivity index (χ0v) is 16.2. The van der Waals surface area contributed by atoms with Crippen molar-refractivity contribution in [2.75, 3.05) is 39.3 Å². The van der Waals surface area contributed by atoms with Crippen LogP contribution in [0.15, 0.2) is 18.2 Å². The molecule has 1 heterocycles. The van der Waals surface area contributed by atoms with Gasteiger partial charge in [0.1, 0.15) is 0 Å². The first-order valence-corrected chi connectivity index (χ1v) is 9.02. The average Bonchev–Trinajstić information content (AvgIpc) is 3.37. The monoisotopic (exact) mass is 405 g/mol. The number of carbonyl (C=O) groups excluding carboxylic acids is 2. The number of nitrogens with zero attached hydrogens (tertiary/aromatic N) is 2. The molecule has 1 aliphatic heterocycles. The summed E-state index contributed by atoms with van der Waals surface area (Å²) in [6.45, 7) is 3.48. The first kappa shape index (κ1) is 20.3. The van der Waals surface area contributed by atoms with E-state index in [0.717, 1.165) is 12.5 Å². The van der Waals surface area contributed by atoms with Gasteiger partial charge >= 0.3 is 0 Å². The molecule has 1 aromatic rings. The Morgan fingerprint density at radius 1 is 1.00 bits per heavy atom. The molecular weight excluding hydrogens is 385 g/mol. The Kier molecular flexibility index (Phi) is 7.37. The summed E-state index contributed by atoms with van der Waals surface area (Å²) in [6.07, 6.45) is 2.55. The largest absolute Gasteiger partial charge is 0.338 e. The van der Waals surface area contributed by atoms with Crippen molar-refractivity contribution in [2.45, 2.75) is 12.8 Å². The lowest BCUT2D eigenvalue weighted by Crippen LogP contribution is -2.52. The summed E-state index contributed by atoms with van der Waals surface area (Å²) in [5.41, 5.74) is 0.485. The van der Waals surface area contributed by atoms with Crippen molar-refractivity contribution in [1.82, 2.24) is 15.1 Å². The van der Waals surface area contributed by atoms with Crippen LogP contribution in [-0.2, 0) is 4.79 Å². The summed E-state index contributed by atoms with van der Waals surface area (Å²) in [7, 11) is 0. The fourth-order valence-electron chi connectivity index (χ4n) is 2.84. The third-order valence-corrected chi connectivity index (χ3v) is 4.87. The van der Waals surface area contributed by atoms with Gasteiger partial charge in [-0.05, 0) is 43.5 Å². The van der Waals surface area contributed by atoms with Crippen molar-refractivity contribution in [3.63, 3.8) is 0 Å².